The maximum atomic E-state index is 13.3. The number of hydrogen-bond donors (Lipinski definition) is 0. The first-order chi connectivity index (χ1) is 15.7. The molecular formula is C24H22Cl2N4O3. The number of benzene rings is 2. The highest BCUT2D eigenvalue weighted by atomic mass is 35.5. The van der Waals surface area contributed by atoms with E-state index in [4.69, 9.17) is 23.2 Å². The van der Waals surface area contributed by atoms with Crippen LogP contribution in [0.2, 0.25) is 10.0 Å². The zero-order valence-corrected chi connectivity index (χ0v) is 19.9. The van der Waals surface area contributed by atoms with Crippen LogP contribution < -0.4 is 4.90 Å². The molecule has 0 atom stereocenters. The number of Topliss-reactive ketones (excluding diaryl/α,β-unsaturated/α-hetero) is 1. The molecule has 0 aliphatic rings. The van der Waals surface area contributed by atoms with Crippen molar-refractivity contribution in [3.05, 3.63) is 87.4 Å². The van der Waals surface area contributed by atoms with Crippen molar-refractivity contribution in [3.8, 4) is 0 Å². The highest BCUT2D eigenvalue weighted by molar-refractivity contribution is 6.42. The Hall–Kier alpha value is -3.29. The molecule has 0 bridgehead atoms. The molecule has 9 heteroatoms. The van der Waals surface area contributed by atoms with Gasteiger partial charge in [0.15, 0.2) is 5.82 Å². The highest BCUT2D eigenvalue weighted by Gasteiger charge is 2.23. The van der Waals surface area contributed by atoms with Gasteiger partial charge in [0.2, 0.25) is 11.7 Å². The minimum Gasteiger partial charge on any atom is -0.345 e. The van der Waals surface area contributed by atoms with Gasteiger partial charge in [0.25, 0.3) is 5.91 Å². The number of aromatic nitrogens is 2. The molecule has 33 heavy (non-hydrogen) atoms. The zero-order valence-electron chi connectivity index (χ0n) is 18.4. The predicted molar refractivity (Wildman–Crippen MR) is 128 cm³/mol. The highest BCUT2D eigenvalue weighted by Crippen LogP contribution is 2.27. The van der Waals surface area contributed by atoms with E-state index in [1.165, 1.54) is 22.2 Å². The van der Waals surface area contributed by atoms with Gasteiger partial charge in [-0.25, -0.2) is 9.97 Å². The molecule has 0 saturated heterocycles. The number of hydrogen-bond acceptors (Lipinski definition) is 5. The molecule has 1 heterocycles. The maximum Gasteiger partial charge on any atom is 0.253 e. The van der Waals surface area contributed by atoms with Gasteiger partial charge in [-0.1, -0.05) is 35.3 Å². The van der Waals surface area contributed by atoms with E-state index in [0.717, 1.165) is 5.56 Å². The van der Waals surface area contributed by atoms with Gasteiger partial charge in [0.1, 0.15) is 0 Å². The Morgan fingerprint density at radius 2 is 1.64 bits per heavy atom. The SMILES string of the molecule is Cc1ccc(N(Cc2ccc(Cl)c(Cl)c2)C(=O)CC(=O)c2ncccn2)cc1C(=O)N(C)C. The lowest BCUT2D eigenvalue weighted by atomic mass is 10.0. The number of rotatable bonds is 7. The van der Waals surface area contributed by atoms with E-state index in [9.17, 15) is 14.4 Å². The van der Waals surface area contributed by atoms with Crippen LogP contribution in [0.3, 0.4) is 0 Å². The Balaban J connectivity index is 1.98. The predicted octanol–water partition coefficient (Wildman–Crippen LogP) is 4.60. The number of carbonyl (C=O) groups is 3. The summed E-state index contributed by atoms with van der Waals surface area (Å²) in [7, 11) is 3.32. The van der Waals surface area contributed by atoms with Gasteiger partial charge >= 0.3 is 0 Å². The minimum absolute atomic E-state index is 0.0345. The van der Waals surface area contributed by atoms with Crippen LogP contribution in [0.4, 0.5) is 5.69 Å². The fourth-order valence-corrected chi connectivity index (χ4v) is 3.47. The topological polar surface area (TPSA) is 83.5 Å². The van der Waals surface area contributed by atoms with E-state index in [2.05, 4.69) is 9.97 Å². The Kier molecular flexibility index (Phi) is 7.79. The van der Waals surface area contributed by atoms with Crippen molar-refractivity contribution in [2.75, 3.05) is 19.0 Å². The molecule has 0 fully saturated rings. The summed E-state index contributed by atoms with van der Waals surface area (Å²) >= 11 is 12.2. The normalized spacial score (nSPS) is 10.6. The van der Waals surface area contributed by atoms with Crippen LogP contribution in [-0.2, 0) is 11.3 Å². The zero-order chi connectivity index (χ0) is 24.1. The monoisotopic (exact) mass is 484 g/mol. The molecule has 0 aliphatic carbocycles. The molecule has 2 aromatic carbocycles. The van der Waals surface area contributed by atoms with Crippen molar-refractivity contribution in [3.63, 3.8) is 0 Å². The molecule has 0 aliphatic heterocycles. The third-order valence-corrected chi connectivity index (χ3v) is 5.66. The molecule has 3 aromatic rings. The van der Waals surface area contributed by atoms with Crippen molar-refractivity contribution in [2.45, 2.75) is 19.9 Å². The molecule has 3 rings (SSSR count). The summed E-state index contributed by atoms with van der Waals surface area (Å²) in [5.41, 5.74) is 2.42. The van der Waals surface area contributed by atoms with E-state index >= 15 is 0 Å². The summed E-state index contributed by atoms with van der Waals surface area (Å²) in [4.78, 5) is 49.3. The summed E-state index contributed by atoms with van der Waals surface area (Å²) < 4.78 is 0. The molecular weight excluding hydrogens is 463 g/mol. The van der Waals surface area contributed by atoms with Crippen molar-refractivity contribution in [2.24, 2.45) is 0 Å². The number of ketones is 1. The molecule has 0 unspecified atom stereocenters. The molecule has 0 radical (unpaired) electrons. The lowest BCUT2D eigenvalue weighted by Gasteiger charge is -2.24. The maximum absolute atomic E-state index is 13.3. The molecule has 0 N–H and O–H groups in total. The van der Waals surface area contributed by atoms with Crippen LogP contribution in [-0.4, -0.2) is 46.6 Å². The van der Waals surface area contributed by atoms with Crippen LogP contribution in [0.1, 0.15) is 38.5 Å². The molecule has 170 valence electrons. The van der Waals surface area contributed by atoms with Gasteiger partial charge in [-0.2, -0.15) is 0 Å². The van der Waals surface area contributed by atoms with E-state index in [0.29, 0.717) is 26.9 Å². The Morgan fingerprint density at radius 3 is 2.27 bits per heavy atom. The largest absolute Gasteiger partial charge is 0.345 e. The fraction of sp³-hybridized carbons (Fsp3) is 0.208. The summed E-state index contributed by atoms with van der Waals surface area (Å²) in [5.74, 6) is -1.19. The lowest BCUT2D eigenvalue weighted by molar-refractivity contribution is -0.117. The van der Waals surface area contributed by atoms with Gasteiger partial charge in [0.05, 0.1) is 23.0 Å². The van der Waals surface area contributed by atoms with Crippen LogP contribution in [0.15, 0.2) is 54.9 Å². The van der Waals surface area contributed by atoms with E-state index in [1.807, 2.05) is 6.92 Å². The average Bonchev–Trinajstić information content (AvgIpc) is 2.80. The van der Waals surface area contributed by atoms with Gasteiger partial charge in [0, 0.05) is 37.7 Å². The molecule has 7 nitrogen and oxygen atoms in total. The number of carbonyl (C=O) groups excluding carboxylic acids is 3. The lowest BCUT2D eigenvalue weighted by Crippen LogP contribution is -2.33. The average molecular weight is 485 g/mol. The second-order valence-electron chi connectivity index (χ2n) is 7.60. The summed E-state index contributed by atoms with van der Waals surface area (Å²) in [6, 6.07) is 11.8. The van der Waals surface area contributed by atoms with Crippen LogP contribution in [0.5, 0.6) is 0 Å². The Morgan fingerprint density at radius 1 is 0.939 bits per heavy atom. The first-order valence-corrected chi connectivity index (χ1v) is 10.8. The number of halogens is 2. The standard InChI is InChI=1S/C24H22Cl2N4O3/c1-15-5-7-17(12-18(15)24(33)29(2)3)30(14-16-6-8-19(25)20(26)11-16)22(32)13-21(31)23-27-9-4-10-28-23/h4-12H,13-14H2,1-3H3. The molecule has 2 amide bonds. The van der Waals surface area contributed by atoms with E-state index in [1.54, 1.807) is 56.6 Å². The van der Waals surface area contributed by atoms with Gasteiger partial charge < -0.3 is 9.80 Å². The molecule has 0 spiro atoms. The van der Waals surface area contributed by atoms with Gasteiger partial charge in [-0.05, 0) is 48.4 Å². The number of amides is 2. The molecule has 0 saturated carbocycles. The summed E-state index contributed by atoms with van der Waals surface area (Å²) in [6.07, 6.45) is 2.45. The minimum atomic E-state index is -0.503. The van der Waals surface area contributed by atoms with Crippen molar-refractivity contribution >= 4 is 46.5 Å². The third-order valence-electron chi connectivity index (χ3n) is 4.92. The van der Waals surface area contributed by atoms with Crippen molar-refractivity contribution in [1.29, 1.82) is 0 Å². The van der Waals surface area contributed by atoms with Gasteiger partial charge in [-0.15, -0.1) is 0 Å². The summed E-state index contributed by atoms with van der Waals surface area (Å²) in [6.45, 7) is 1.94. The fourth-order valence-electron chi connectivity index (χ4n) is 3.15. The second kappa shape index (κ2) is 10.6. The Labute approximate surface area is 202 Å². The number of anilines is 1. The van der Waals surface area contributed by atoms with Crippen LogP contribution >= 0.6 is 23.2 Å². The van der Waals surface area contributed by atoms with Crippen LogP contribution in [0.25, 0.3) is 0 Å². The van der Waals surface area contributed by atoms with Crippen molar-refractivity contribution < 1.29 is 14.4 Å². The number of aryl methyl sites for hydroxylation is 1. The van der Waals surface area contributed by atoms with Gasteiger partial charge in [-0.3, -0.25) is 14.4 Å². The quantitative estimate of drug-likeness (QED) is 0.361. The second-order valence-corrected chi connectivity index (χ2v) is 8.41. The molecule has 1 aromatic heterocycles. The first kappa shape index (κ1) is 24.4. The first-order valence-electron chi connectivity index (χ1n) is 10.0. The smallest absolute Gasteiger partial charge is 0.253 e. The Bertz CT molecular complexity index is 1200. The summed E-state index contributed by atoms with van der Waals surface area (Å²) in [5, 5.41) is 0.742. The van der Waals surface area contributed by atoms with Crippen molar-refractivity contribution in [1.82, 2.24) is 14.9 Å². The van der Waals surface area contributed by atoms with Crippen LogP contribution in [0, 0.1) is 6.92 Å². The number of nitrogens with zero attached hydrogens (tertiary/aromatic N) is 4. The van der Waals surface area contributed by atoms with E-state index in [-0.39, 0.29) is 18.3 Å². The third kappa shape index (κ3) is 5.94. The van der Waals surface area contributed by atoms with E-state index < -0.39 is 18.1 Å².